The molecule has 0 bridgehead atoms. The summed E-state index contributed by atoms with van der Waals surface area (Å²) in [6, 6.07) is 13.7. The normalized spacial score (nSPS) is 13.5. The lowest BCUT2D eigenvalue weighted by molar-refractivity contribution is 0.0978. The third kappa shape index (κ3) is 2.56. The number of nitrogens with zero attached hydrogens (tertiary/aromatic N) is 1. The molecular weight excluding hydrogens is 290 g/mol. The molecule has 104 valence electrons. The Morgan fingerprint density at radius 2 is 2.00 bits per heavy atom. The van der Waals surface area contributed by atoms with Gasteiger partial charge in [-0.05, 0) is 35.9 Å². The van der Waals surface area contributed by atoms with Crippen LogP contribution in [0.5, 0.6) is 11.5 Å². The summed E-state index contributed by atoms with van der Waals surface area (Å²) in [5.41, 5.74) is 0.985. The zero-order valence-corrected chi connectivity index (χ0v) is 11.6. The van der Waals surface area contributed by atoms with Crippen LogP contribution in [0.1, 0.15) is 21.8 Å². The van der Waals surface area contributed by atoms with Crippen LogP contribution >= 0.6 is 11.6 Å². The minimum absolute atomic E-state index is 0.142. The third-order valence-corrected chi connectivity index (χ3v) is 3.47. The van der Waals surface area contributed by atoms with Gasteiger partial charge >= 0.3 is 0 Å². The van der Waals surface area contributed by atoms with E-state index < -0.39 is 5.92 Å². The molecule has 1 unspecified atom stereocenters. The summed E-state index contributed by atoms with van der Waals surface area (Å²) in [6.07, 6.45) is 0. The Hall–Kier alpha value is -2.51. The number of fused-ring (bicyclic) bond motifs is 1. The summed E-state index contributed by atoms with van der Waals surface area (Å²) in [7, 11) is 0. The number of ether oxygens (including phenoxy) is 2. The van der Waals surface area contributed by atoms with Crippen molar-refractivity contribution < 1.29 is 14.3 Å². The first-order valence-corrected chi connectivity index (χ1v) is 6.66. The van der Waals surface area contributed by atoms with E-state index in [1.165, 1.54) is 0 Å². The monoisotopic (exact) mass is 299 g/mol. The van der Waals surface area contributed by atoms with Crippen LogP contribution in [0.25, 0.3) is 0 Å². The topological polar surface area (TPSA) is 59.3 Å². The van der Waals surface area contributed by atoms with Gasteiger partial charge in [0.2, 0.25) is 6.79 Å². The van der Waals surface area contributed by atoms with Crippen molar-refractivity contribution in [2.75, 3.05) is 6.79 Å². The number of carbonyl (C=O) groups excluding carboxylic acids is 1. The molecule has 0 radical (unpaired) electrons. The van der Waals surface area contributed by atoms with E-state index in [-0.39, 0.29) is 12.6 Å². The van der Waals surface area contributed by atoms with E-state index in [0.717, 1.165) is 0 Å². The molecule has 1 aliphatic rings. The molecule has 1 heterocycles. The molecule has 0 fully saturated rings. The Kier molecular flexibility index (Phi) is 3.51. The van der Waals surface area contributed by atoms with Crippen molar-refractivity contribution in [3.05, 3.63) is 58.6 Å². The second-order valence-electron chi connectivity index (χ2n) is 4.55. The van der Waals surface area contributed by atoms with Crippen LogP contribution in [-0.4, -0.2) is 12.6 Å². The number of rotatable bonds is 3. The van der Waals surface area contributed by atoms with E-state index in [4.69, 9.17) is 21.1 Å². The van der Waals surface area contributed by atoms with E-state index >= 15 is 0 Å². The fourth-order valence-electron chi connectivity index (χ4n) is 2.19. The van der Waals surface area contributed by atoms with Gasteiger partial charge in [0.1, 0.15) is 5.92 Å². The quantitative estimate of drug-likeness (QED) is 0.813. The predicted octanol–water partition coefficient (Wildman–Crippen LogP) is 3.56. The Morgan fingerprint density at radius 3 is 2.76 bits per heavy atom. The van der Waals surface area contributed by atoms with Gasteiger partial charge in [-0.3, -0.25) is 4.79 Å². The molecule has 3 rings (SSSR count). The van der Waals surface area contributed by atoms with Crippen LogP contribution < -0.4 is 9.47 Å². The maximum atomic E-state index is 12.5. The summed E-state index contributed by atoms with van der Waals surface area (Å²) in [4.78, 5) is 12.5. The Bertz CT molecular complexity index is 751. The molecule has 2 aromatic carbocycles. The molecule has 0 amide bonds. The summed E-state index contributed by atoms with van der Waals surface area (Å²) in [6.45, 7) is 0.142. The fourth-order valence-corrected chi connectivity index (χ4v) is 2.39. The van der Waals surface area contributed by atoms with Gasteiger partial charge in [0.05, 0.1) is 6.07 Å². The number of nitriles is 1. The number of benzene rings is 2. The molecule has 0 spiro atoms. The minimum Gasteiger partial charge on any atom is -0.454 e. The van der Waals surface area contributed by atoms with Crippen molar-refractivity contribution in [2.24, 2.45) is 0 Å². The van der Waals surface area contributed by atoms with Crippen molar-refractivity contribution in [1.82, 2.24) is 0 Å². The molecule has 0 N–H and O–H groups in total. The molecule has 0 aliphatic carbocycles. The van der Waals surface area contributed by atoms with Gasteiger partial charge < -0.3 is 9.47 Å². The summed E-state index contributed by atoms with van der Waals surface area (Å²) in [5, 5.41) is 9.82. The fraction of sp³-hybridized carbons (Fsp3) is 0.125. The highest BCUT2D eigenvalue weighted by Crippen LogP contribution is 2.34. The number of hydrogen-bond acceptors (Lipinski definition) is 4. The van der Waals surface area contributed by atoms with Gasteiger partial charge in [-0.2, -0.15) is 5.26 Å². The molecule has 1 aliphatic heterocycles. The molecule has 4 nitrogen and oxygen atoms in total. The molecule has 5 heteroatoms. The van der Waals surface area contributed by atoms with Crippen molar-refractivity contribution >= 4 is 17.4 Å². The maximum Gasteiger partial charge on any atom is 0.231 e. The standard InChI is InChI=1S/C16H10ClNO3/c17-12-3-1-2-10(6-12)13(8-18)16(19)11-4-5-14-15(7-11)21-9-20-14/h1-7,13H,9H2. The van der Waals surface area contributed by atoms with Gasteiger partial charge in [0.15, 0.2) is 17.3 Å². The zero-order valence-electron chi connectivity index (χ0n) is 10.9. The van der Waals surface area contributed by atoms with E-state index in [9.17, 15) is 10.1 Å². The first-order valence-electron chi connectivity index (χ1n) is 6.28. The number of carbonyl (C=O) groups is 1. The highest BCUT2D eigenvalue weighted by Gasteiger charge is 2.24. The van der Waals surface area contributed by atoms with E-state index in [1.54, 1.807) is 42.5 Å². The third-order valence-electron chi connectivity index (χ3n) is 3.23. The second kappa shape index (κ2) is 5.47. The number of halogens is 1. The average molecular weight is 300 g/mol. The van der Waals surface area contributed by atoms with Gasteiger partial charge in [-0.1, -0.05) is 23.7 Å². The van der Waals surface area contributed by atoms with E-state index in [2.05, 4.69) is 0 Å². The lowest BCUT2D eigenvalue weighted by Gasteiger charge is -2.09. The van der Waals surface area contributed by atoms with Crippen LogP contribution in [0, 0.1) is 11.3 Å². The molecule has 2 aromatic rings. The second-order valence-corrected chi connectivity index (χ2v) is 4.99. The Morgan fingerprint density at radius 1 is 1.19 bits per heavy atom. The van der Waals surface area contributed by atoms with Crippen molar-refractivity contribution in [1.29, 1.82) is 5.26 Å². The minimum atomic E-state index is -0.899. The van der Waals surface area contributed by atoms with E-state index in [0.29, 0.717) is 27.6 Å². The van der Waals surface area contributed by atoms with Crippen LogP contribution in [-0.2, 0) is 0 Å². The van der Waals surface area contributed by atoms with Crippen LogP contribution in [0.4, 0.5) is 0 Å². The Balaban J connectivity index is 1.95. The molecule has 0 aromatic heterocycles. The van der Waals surface area contributed by atoms with Crippen molar-refractivity contribution in [3.8, 4) is 17.6 Å². The van der Waals surface area contributed by atoms with Crippen LogP contribution in [0.15, 0.2) is 42.5 Å². The SMILES string of the molecule is N#CC(C(=O)c1ccc2c(c1)OCO2)c1cccc(Cl)c1. The average Bonchev–Trinajstić information content (AvgIpc) is 2.95. The summed E-state index contributed by atoms with van der Waals surface area (Å²) >= 11 is 5.92. The smallest absolute Gasteiger partial charge is 0.231 e. The highest BCUT2D eigenvalue weighted by atomic mass is 35.5. The van der Waals surface area contributed by atoms with Gasteiger partial charge in [-0.15, -0.1) is 0 Å². The highest BCUT2D eigenvalue weighted by molar-refractivity contribution is 6.30. The van der Waals surface area contributed by atoms with Crippen LogP contribution in [0.2, 0.25) is 5.02 Å². The molecule has 0 saturated carbocycles. The van der Waals surface area contributed by atoms with Gasteiger partial charge in [0.25, 0.3) is 0 Å². The predicted molar refractivity (Wildman–Crippen MR) is 76.7 cm³/mol. The molecule has 0 saturated heterocycles. The summed E-state index contributed by atoms with van der Waals surface area (Å²) < 4.78 is 10.5. The van der Waals surface area contributed by atoms with Crippen LogP contribution in [0.3, 0.4) is 0 Å². The zero-order chi connectivity index (χ0) is 14.8. The van der Waals surface area contributed by atoms with Crippen molar-refractivity contribution in [3.63, 3.8) is 0 Å². The molecule has 21 heavy (non-hydrogen) atoms. The lowest BCUT2D eigenvalue weighted by atomic mass is 9.92. The Labute approximate surface area is 126 Å². The van der Waals surface area contributed by atoms with Gasteiger partial charge in [0, 0.05) is 10.6 Å². The summed E-state index contributed by atoms with van der Waals surface area (Å²) in [5.74, 6) is -0.0754. The molecular formula is C16H10ClNO3. The first-order chi connectivity index (χ1) is 10.2. The number of ketones is 1. The van der Waals surface area contributed by atoms with Crippen molar-refractivity contribution in [2.45, 2.75) is 5.92 Å². The number of Topliss-reactive ketones (excluding diaryl/α,β-unsaturated/α-hetero) is 1. The first kappa shape index (κ1) is 13.5. The largest absolute Gasteiger partial charge is 0.454 e. The van der Waals surface area contributed by atoms with Gasteiger partial charge in [-0.25, -0.2) is 0 Å². The molecule has 1 atom stereocenters. The number of hydrogen-bond donors (Lipinski definition) is 0. The lowest BCUT2D eigenvalue weighted by Crippen LogP contribution is -2.11. The maximum absolute atomic E-state index is 12.5. The van der Waals surface area contributed by atoms with E-state index in [1.807, 2.05) is 6.07 Å².